The van der Waals surface area contributed by atoms with Crippen molar-refractivity contribution in [1.82, 2.24) is 4.57 Å². The van der Waals surface area contributed by atoms with E-state index in [1.807, 2.05) is 41.0 Å². The van der Waals surface area contributed by atoms with Gasteiger partial charge >= 0.3 is 0 Å². The molecule has 3 aromatic rings. The van der Waals surface area contributed by atoms with Crippen molar-refractivity contribution in [2.45, 2.75) is 25.3 Å². The number of hydrogen-bond donors (Lipinski definition) is 1. The maximum absolute atomic E-state index is 11.6. The molecule has 1 amide bonds. The molecular weight excluding hydrogens is 343 g/mol. The highest BCUT2D eigenvalue weighted by atomic mass is 35.5. The van der Waals surface area contributed by atoms with Gasteiger partial charge in [0.15, 0.2) is 0 Å². The summed E-state index contributed by atoms with van der Waals surface area (Å²) >= 11 is 13.4. The molecule has 1 heterocycles. The van der Waals surface area contributed by atoms with Gasteiger partial charge in [0, 0.05) is 16.6 Å². The first-order valence-corrected chi connectivity index (χ1v) is 8.67. The molecular formula is C19H18Cl2N2O. The van der Waals surface area contributed by atoms with E-state index in [2.05, 4.69) is 6.92 Å². The molecule has 0 radical (unpaired) electrons. The van der Waals surface area contributed by atoms with Crippen molar-refractivity contribution in [3.63, 3.8) is 0 Å². The van der Waals surface area contributed by atoms with E-state index in [9.17, 15) is 4.79 Å². The van der Waals surface area contributed by atoms with Crippen molar-refractivity contribution < 1.29 is 4.79 Å². The second-order valence-electron chi connectivity index (χ2n) is 5.72. The summed E-state index contributed by atoms with van der Waals surface area (Å²) < 4.78 is 2.00. The molecule has 1 atom stereocenters. The number of carbonyl (C=O) groups is 1. The average Bonchev–Trinajstić information content (AvgIpc) is 2.87. The van der Waals surface area contributed by atoms with Crippen molar-refractivity contribution in [1.29, 1.82) is 0 Å². The van der Waals surface area contributed by atoms with Gasteiger partial charge in [0.1, 0.15) is 5.50 Å². The van der Waals surface area contributed by atoms with Gasteiger partial charge in [-0.05, 0) is 24.1 Å². The number of halogens is 2. The van der Waals surface area contributed by atoms with Gasteiger partial charge in [0.2, 0.25) is 5.91 Å². The quantitative estimate of drug-likeness (QED) is 0.629. The minimum Gasteiger partial charge on any atom is -0.366 e. The Labute approximate surface area is 151 Å². The fourth-order valence-corrected chi connectivity index (χ4v) is 3.68. The summed E-state index contributed by atoms with van der Waals surface area (Å²) in [6, 6.07) is 15.1. The molecule has 5 heteroatoms. The Morgan fingerprint density at radius 2 is 1.92 bits per heavy atom. The molecule has 24 heavy (non-hydrogen) atoms. The third kappa shape index (κ3) is 2.90. The van der Waals surface area contributed by atoms with E-state index in [4.69, 9.17) is 28.9 Å². The Kier molecular flexibility index (Phi) is 4.83. The first-order chi connectivity index (χ1) is 11.5. The maximum Gasteiger partial charge on any atom is 0.248 e. The van der Waals surface area contributed by atoms with Crippen molar-refractivity contribution in [2.24, 2.45) is 5.73 Å². The van der Waals surface area contributed by atoms with E-state index in [-0.39, 0.29) is 0 Å². The summed E-state index contributed by atoms with van der Waals surface area (Å²) in [4.78, 5) is 11.6. The van der Waals surface area contributed by atoms with E-state index in [1.165, 1.54) is 0 Å². The summed E-state index contributed by atoms with van der Waals surface area (Å²) in [6.07, 6.45) is 1.74. The Morgan fingerprint density at radius 3 is 2.54 bits per heavy atom. The lowest BCUT2D eigenvalue weighted by atomic mass is 10.1. The smallest absolute Gasteiger partial charge is 0.248 e. The van der Waals surface area contributed by atoms with E-state index in [0.717, 1.165) is 35.0 Å². The lowest BCUT2D eigenvalue weighted by molar-refractivity contribution is 0.100. The van der Waals surface area contributed by atoms with Gasteiger partial charge in [-0.25, -0.2) is 0 Å². The normalized spacial score (nSPS) is 12.5. The molecule has 0 aliphatic carbocycles. The van der Waals surface area contributed by atoms with Crippen LogP contribution in [0.15, 0.2) is 48.5 Å². The SMILES string of the molecule is CCCc1c(Cl)c2ccc(C(N)=O)cc2n1C(Cl)c1ccccc1. The number of benzene rings is 2. The molecule has 0 saturated heterocycles. The van der Waals surface area contributed by atoms with Crippen LogP contribution in [0.3, 0.4) is 0 Å². The molecule has 0 aliphatic rings. The number of alkyl halides is 1. The Morgan fingerprint density at radius 1 is 1.21 bits per heavy atom. The van der Waals surface area contributed by atoms with Crippen molar-refractivity contribution >= 4 is 40.0 Å². The highest BCUT2D eigenvalue weighted by Gasteiger charge is 2.22. The molecule has 2 aromatic carbocycles. The largest absolute Gasteiger partial charge is 0.366 e. The standard InChI is InChI=1S/C19H18Cl2N2O/c1-2-6-15-17(20)14-10-9-13(19(22)24)11-16(14)23(15)18(21)12-7-4-3-5-8-12/h3-5,7-11,18H,2,6H2,1H3,(H2,22,24). The van der Waals surface area contributed by atoms with Gasteiger partial charge < -0.3 is 10.3 Å². The number of amides is 1. The first-order valence-electron chi connectivity index (χ1n) is 7.85. The first kappa shape index (κ1) is 16.9. The molecule has 0 fully saturated rings. The summed E-state index contributed by atoms with van der Waals surface area (Å²) in [5, 5.41) is 1.57. The van der Waals surface area contributed by atoms with Crippen molar-refractivity contribution in [3.05, 3.63) is 70.4 Å². The topological polar surface area (TPSA) is 48.0 Å². The van der Waals surface area contributed by atoms with E-state index < -0.39 is 11.4 Å². The third-order valence-corrected chi connectivity index (χ3v) is 4.98. The molecule has 0 bridgehead atoms. The van der Waals surface area contributed by atoms with E-state index >= 15 is 0 Å². The molecule has 1 aromatic heterocycles. The molecule has 0 aliphatic heterocycles. The number of primary amides is 1. The summed E-state index contributed by atoms with van der Waals surface area (Å²) in [6.45, 7) is 2.10. The van der Waals surface area contributed by atoms with Crippen molar-refractivity contribution in [3.8, 4) is 0 Å². The summed E-state index contributed by atoms with van der Waals surface area (Å²) in [5.74, 6) is -0.469. The van der Waals surface area contributed by atoms with Crippen LogP contribution in [0, 0.1) is 0 Å². The van der Waals surface area contributed by atoms with E-state index in [0.29, 0.717) is 10.6 Å². The molecule has 3 nitrogen and oxygen atoms in total. The van der Waals surface area contributed by atoms with Crippen LogP contribution in [0.4, 0.5) is 0 Å². The van der Waals surface area contributed by atoms with Crippen LogP contribution in [0.25, 0.3) is 10.9 Å². The molecule has 0 spiro atoms. The number of nitrogens with two attached hydrogens (primary N) is 1. The predicted molar refractivity (Wildman–Crippen MR) is 99.9 cm³/mol. The molecule has 1 unspecified atom stereocenters. The lowest BCUT2D eigenvalue weighted by Crippen LogP contribution is -2.12. The zero-order chi connectivity index (χ0) is 17.3. The van der Waals surface area contributed by atoms with Crippen LogP contribution in [-0.2, 0) is 6.42 Å². The lowest BCUT2D eigenvalue weighted by Gasteiger charge is -2.17. The van der Waals surface area contributed by atoms with Crippen LogP contribution in [0.1, 0.15) is 40.5 Å². The number of carbonyl (C=O) groups excluding carboxylic acids is 1. The van der Waals surface area contributed by atoms with Crippen molar-refractivity contribution in [2.75, 3.05) is 0 Å². The van der Waals surface area contributed by atoms with Crippen LogP contribution in [0.5, 0.6) is 0 Å². The van der Waals surface area contributed by atoms with Gasteiger partial charge in [0.25, 0.3) is 0 Å². The van der Waals surface area contributed by atoms with Gasteiger partial charge in [-0.1, -0.05) is 72.9 Å². The second-order valence-corrected chi connectivity index (χ2v) is 6.51. The fraction of sp³-hybridized carbons (Fsp3) is 0.211. The maximum atomic E-state index is 11.6. The van der Waals surface area contributed by atoms with Gasteiger partial charge in [-0.15, -0.1) is 0 Å². The average molecular weight is 361 g/mol. The van der Waals surface area contributed by atoms with Gasteiger partial charge in [0.05, 0.1) is 10.5 Å². The summed E-state index contributed by atoms with van der Waals surface area (Å²) in [7, 11) is 0. The molecule has 0 saturated carbocycles. The Hall–Kier alpha value is -1.97. The highest BCUT2D eigenvalue weighted by Crippen LogP contribution is 2.38. The molecule has 124 valence electrons. The monoisotopic (exact) mass is 360 g/mol. The zero-order valence-corrected chi connectivity index (χ0v) is 14.8. The zero-order valence-electron chi connectivity index (χ0n) is 13.3. The van der Waals surface area contributed by atoms with Gasteiger partial charge in [-0.3, -0.25) is 4.79 Å². The third-order valence-electron chi connectivity index (χ3n) is 4.11. The minimum absolute atomic E-state index is 0.411. The van der Waals surface area contributed by atoms with Crippen LogP contribution < -0.4 is 5.73 Å². The number of fused-ring (bicyclic) bond motifs is 1. The van der Waals surface area contributed by atoms with Gasteiger partial charge in [-0.2, -0.15) is 0 Å². The van der Waals surface area contributed by atoms with Crippen LogP contribution >= 0.6 is 23.2 Å². The van der Waals surface area contributed by atoms with E-state index in [1.54, 1.807) is 12.1 Å². The molecule has 3 rings (SSSR count). The number of rotatable bonds is 5. The van der Waals surface area contributed by atoms with Crippen LogP contribution in [0.2, 0.25) is 5.02 Å². The Bertz CT molecular complexity index is 887. The second kappa shape index (κ2) is 6.88. The highest BCUT2D eigenvalue weighted by molar-refractivity contribution is 6.36. The number of hydrogen-bond acceptors (Lipinski definition) is 1. The minimum atomic E-state index is -0.469. The number of aromatic nitrogens is 1. The predicted octanol–water partition coefficient (Wildman–Crippen LogP) is 5.13. The molecule has 2 N–H and O–H groups in total. The summed E-state index contributed by atoms with van der Waals surface area (Å²) in [5.41, 5.74) is 8.22. The number of nitrogens with zero attached hydrogens (tertiary/aromatic N) is 1. The fourth-order valence-electron chi connectivity index (χ4n) is 2.96. The van der Waals surface area contributed by atoms with Crippen LogP contribution in [-0.4, -0.2) is 10.5 Å². The Balaban J connectivity index is 2.28.